The quantitative estimate of drug-likeness (QED) is 0.815. The number of benzene rings is 2. The highest BCUT2D eigenvalue weighted by Gasteiger charge is 2.48. The molecule has 1 aliphatic carbocycles. The predicted molar refractivity (Wildman–Crippen MR) is 108 cm³/mol. The molecule has 0 unspecified atom stereocenters. The molecule has 1 saturated carbocycles. The van der Waals surface area contributed by atoms with E-state index in [2.05, 4.69) is 5.32 Å². The third-order valence-corrected chi connectivity index (χ3v) is 5.97. The summed E-state index contributed by atoms with van der Waals surface area (Å²) in [7, 11) is 0. The summed E-state index contributed by atoms with van der Waals surface area (Å²) >= 11 is 0. The molecule has 2 aromatic rings. The topological polar surface area (TPSA) is 66.5 Å². The van der Waals surface area contributed by atoms with Crippen molar-refractivity contribution in [3.8, 4) is 0 Å². The van der Waals surface area contributed by atoms with Gasteiger partial charge in [0.2, 0.25) is 11.8 Å². The number of nitrogens with one attached hydrogen (secondary N) is 1. The molecule has 5 heteroatoms. The molecule has 1 saturated heterocycles. The van der Waals surface area contributed by atoms with Crippen LogP contribution in [0.2, 0.25) is 0 Å². The first-order valence-electron chi connectivity index (χ1n) is 9.82. The van der Waals surface area contributed by atoms with Crippen LogP contribution in [0.3, 0.4) is 0 Å². The van der Waals surface area contributed by atoms with Crippen LogP contribution >= 0.6 is 0 Å². The van der Waals surface area contributed by atoms with Gasteiger partial charge in [0, 0.05) is 11.3 Å². The van der Waals surface area contributed by atoms with Gasteiger partial charge in [-0.05, 0) is 68.1 Å². The Labute approximate surface area is 164 Å². The van der Waals surface area contributed by atoms with E-state index in [1.807, 2.05) is 32.0 Å². The molecule has 0 aromatic heterocycles. The van der Waals surface area contributed by atoms with Gasteiger partial charge < -0.3 is 5.32 Å². The van der Waals surface area contributed by atoms with E-state index >= 15 is 0 Å². The molecule has 2 atom stereocenters. The van der Waals surface area contributed by atoms with Gasteiger partial charge in [0.05, 0.1) is 17.5 Å². The Hall–Kier alpha value is -2.95. The van der Waals surface area contributed by atoms with E-state index in [1.54, 1.807) is 24.3 Å². The number of aryl methyl sites for hydroxylation is 2. The molecule has 28 heavy (non-hydrogen) atoms. The van der Waals surface area contributed by atoms with Gasteiger partial charge in [0.15, 0.2) is 0 Å². The lowest BCUT2D eigenvalue weighted by Gasteiger charge is -2.19. The first-order valence-corrected chi connectivity index (χ1v) is 9.82. The maximum absolute atomic E-state index is 12.8. The van der Waals surface area contributed by atoms with Gasteiger partial charge >= 0.3 is 0 Å². The van der Waals surface area contributed by atoms with Crippen LogP contribution in [0.1, 0.15) is 47.2 Å². The highest BCUT2D eigenvalue weighted by Crippen LogP contribution is 2.40. The summed E-state index contributed by atoms with van der Waals surface area (Å²) in [4.78, 5) is 39.6. The predicted octanol–water partition coefficient (Wildman–Crippen LogP) is 4.24. The molecule has 5 nitrogen and oxygen atoms in total. The van der Waals surface area contributed by atoms with Gasteiger partial charge in [-0.3, -0.25) is 19.3 Å². The lowest BCUT2D eigenvalue weighted by molar-refractivity contribution is -0.122. The van der Waals surface area contributed by atoms with Crippen molar-refractivity contribution in [2.45, 2.75) is 39.5 Å². The highest BCUT2D eigenvalue weighted by molar-refractivity contribution is 6.22. The van der Waals surface area contributed by atoms with E-state index in [1.165, 1.54) is 4.90 Å². The molecule has 2 aromatic carbocycles. The number of hydrogen-bond acceptors (Lipinski definition) is 3. The average molecular weight is 376 g/mol. The van der Waals surface area contributed by atoms with Crippen LogP contribution < -0.4 is 10.2 Å². The minimum atomic E-state index is -0.262. The third-order valence-electron chi connectivity index (χ3n) is 5.97. The molecule has 0 bridgehead atoms. The normalized spacial score (nSPS) is 21.6. The summed E-state index contributed by atoms with van der Waals surface area (Å²) in [5.41, 5.74) is 3.89. The fourth-order valence-corrected chi connectivity index (χ4v) is 4.23. The summed E-state index contributed by atoms with van der Waals surface area (Å²) in [5, 5.41) is 2.89. The molecule has 2 aliphatic rings. The second-order valence-electron chi connectivity index (χ2n) is 7.81. The number of hydrogen-bond donors (Lipinski definition) is 1. The van der Waals surface area contributed by atoms with E-state index in [0.29, 0.717) is 11.3 Å². The maximum atomic E-state index is 12.8. The standard InChI is InChI=1S/C23H24N2O3/c1-14-10-11-17(12-15(14)2)24-21(26)16-6-5-7-18(13-16)25-22(27)19-8-3-4-9-20(19)23(25)28/h5-7,10-13,19-20H,3-4,8-9H2,1-2H3,(H,24,26)/t19-,20-/m1/s1. The smallest absolute Gasteiger partial charge is 0.255 e. The Morgan fingerprint density at radius 2 is 1.61 bits per heavy atom. The van der Waals surface area contributed by atoms with Gasteiger partial charge in [-0.15, -0.1) is 0 Å². The fourth-order valence-electron chi connectivity index (χ4n) is 4.23. The van der Waals surface area contributed by atoms with Crippen LogP contribution in [0.4, 0.5) is 11.4 Å². The summed E-state index contributed by atoms with van der Waals surface area (Å²) in [5.74, 6) is -0.909. The van der Waals surface area contributed by atoms with Crippen molar-refractivity contribution in [1.29, 1.82) is 0 Å². The average Bonchev–Trinajstić information content (AvgIpc) is 2.96. The van der Waals surface area contributed by atoms with Gasteiger partial charge in [-0.25, -0.2) is 0 Å². The zero-order chi connectivity index (χ0) is 19.8. The number of rotatable bonds is 3. The Bertz CT molecular complexity index is 942. The van der Waals surface area contributed by atoms with Crippen molar-refractivity contribution in [3.63, 3.8) is 0 Å². The third kappa shape index (κ3) is 3.21. The minimum Gasteiger partial charge on any atom is -0.322 e. The molecule has 144 valence electrons. The molecule has 0 radical (unpaired) electrons. The molecule has 1 heterocycles. The SMILES string of the molecule is Cc1ccc(NC(=O)c2cccc(N3C(=O)[C@@H]4CCCC[C@H]4C3=O)c2)cc1C. The monoisotopic (exact) mass is 376 g/mol. The van der Waals surface area contributed by atoms with Crippen molar-refractivity contribution in [2.75, 3.05) is 10.2 Å². The number of carbonyl (C=O) groups excluding carboxylic acids is 3. The Morgan fingerprint density at radius 3 is 2.25 bits per heavy atom. The molecule has 4 rings (SSSR count). The second-order valence-corrected chi connectivity index (χ2v) is 7.81. The van der Waals surface area contributed by atoms with Crippen molar-refractivity contribution >= 4 is 29.1 Å². The number of carbonyl (C=O) groups is 3. The first kappa shape index (κ1) is 18.4. The van der Waals surface area contributed by atoms with Crippen LogP contribution in [0.5, 0.6) is 0 Å². The molecule has 1 aliphatic heterocycles. The van der Waals surface area contributed by atoms with E-state index in [4.69, 9.17) is 0 Å². The Morgan fingerprint density at radius 1 is 0.929 bits per heavy atom. The van der Waals surface area contributed by atoms with E-state index in [0.717, 1.165) is 42.5 Å². The lowest BCUT2D eigenvalue weighted by Crippen LogP contribution is -2.31. The van der Waals surface area contributed by atoms with Crippen LogP contribution in [0.15, 0.2) is 42.5 Å². The van der Waals surface area contributed by atoms with Crippen molar-refractivity contribution < 1.29 is 14.4 Å². The zero-order valence-corrected chi connectivity index (χ0v) is 16.2. The first-order chi connectivity index (χ1) is 13.5. The highest BCUT2D eigenvalue weighted by atomic mass is 16.2. The number of anilines is 2. The van der Waals surface area contributed by atoms with Crippen LogP contribution in [-0.2, 0) is 9.59 Å². The molecule has 3 amide bonds. The van der Waals surface area contributed by atoms with E-state index in [-0.39, 0.29) is 29.6 Å². The number of amides is 3. The summed E-state index contributed by atoms with van der Waals surface area (Å²) in [6.45, 7) is 4.02. The summed E-state index contributed by atoms with van der Waals surface area (Å²) < 4.78 is 0. The molecule has 2 fully saturated rings. The molecular formula is C23H24N2O3. The second kappa shape index (κ2) is 7.23. The zero-order valence-electron chi connectivity index (χ0n) is 16.2. The molecule has 0 spiro atoms. The number of imide groups is 1. The molecule has 1 N–H and O–H groups in total. The number of nitrogens with zero attached hydrogens (tertiary/aromatic N) is 1. The largest absolute Gasteiger partial charge is 0.322 e. The Kier molecular flexibility index (Phi) is 4.75. The fraction of sp³-hybridized carbons (Fsp3) is 0.348. The van der Waals surface area contributed by atoms with Gasteiger partial charge in [-0.1, -0.05) is 25.0 Å². The van der Waals surface area contributed by atoms with Gasteiger partial charge in [0.1, 0.15) is 0 Å². The number of fused-ring (bicyclic) bond motifs is 1. The Balaban J connectivity index is 1.57. The van der Waals surface area contributed by atoms with E-state index < -0.39 is 0 Å². The molecular weight excluding hydrogens is 352 g/mol. The lowest BCUT2D eigenvalue weighted by atomic mass is 9.81. The van der Waals surface area contributed by atoms with Crippen LogP contribution in [0, 0.1) is 25.7 Å². The summed E-state index contributed by atoms with van der Waals surface area (Å²) in [6, 6.07) is 12.5. The van der Waals surface area contributed by atoms with Crippen LogP contribution in [0.25, 0.3) is 0 Å². The summed E-state index contributed by atoms with van der Waals surface area (Å²) in [6.07, 6.45) is 3.54. The van der Waals surface area contributed by atoms with Gasteiger partial charge in [0.25, 0.3) is 5.91 Å². The van der Waals surface area contributed by atoms with Crippen LogP contribution in [-0.4, -0.2) is 17.7 Å². The van der Waals surface area contributed by atoms with Crippen molar-refractivity contribution in [3.05, 3.63) is 59.2 Å². The maximum Gasteiger partial charge on any atom is 0.255 e. The van der Waals surface area contributed by atoms with E-state index in [9.17, 15) is 14.4 Å². The minimum absolute atomic E-state index is 0.124. The van der Waals surface area contributed by atoms with Crippen molar-refractivity contribution in [2.24, 2.45) is 11.8 Å². The van der Waals surface area contributed by atoms with Gasteiger partial charge in [-0.2, -0.15) is 0 Å². The van der Waals surface area contributed by atoms with Crippen molar-refractivity contribution in [1.82, 2.24) is 0 Å².